The Hall–Kier alpha value is -2.38. The zero-order chi connectivity index (χ0) is 18.8. The third-order valence-corrected chi connectivity index (χ3v) is 4.72. The van der Waals surface area contributed by atoms with Crippen LogP contribution >= 0.6 is 11.6 Å². The number of nitrogens with zero attached hydrogens (tertiary/aromatic N) is 3. The molecule has 138 valence electrons. The molecule has 0 saturated carbocycles. The van der Waals surface area contributed by atoms with Crippen LogP contribution in [0.5, 0.6) is 0 Å². The van der Waals surface area contributed by atoms with E-state index in [2.05, 4.69) is 5.16 Å². The van der Waals surface area contributed by atoms with Crippen molar-refractivity contribution in [3.05, 3.63) is 40.6 Å². The van der Waals surface area contributed by atoms with E-state index >= 15 is 0 Å². The maximum Gasteiger partial charge on any atom is 0.293 e. The van der Waals surface area contributed by atoms with Crippen molar-refractivity contribution in [1.29, 1.82) is 0 Å². The summed E-state index contributed by atoms with van der Waals surface area (Å²) in [6.45, 7) is 4.85. The predicted octanol–water partition coefficient (Wildman–Crippen LogP) is 2.35. The molecule has 1 aliphatic rings. The summed E-state index contributed by atoms with van der Waals surface area (Å²) in [5.74, 6) is -0.315. The summed E-state index contributed by atoms with van der Waals surface area (Å²) in [4.78, 5) is 27.6. The number of hydrogen-bond donors (Lipinski definition) is 1. The molecule has 0 spiro atoms. The van der Waals surface area contributed by atoms with E-state index in [0.29, 0.717) is 48.0 Å². The normalized spacial score (nSPS) is 15.8. The van der Waals surface area contributed by atoms with Crippen LogP contribution in [0.4, 0.5) is 0 Å². The van der Waals surface area contributed by atoms with Crippen LogP contribution in [-0.2, 0) is 4.79 Å². The Morgan fingerprint density at radius 1 is 1.15 bits per heavy atom. The van der Waals surface area contributed by atoms with E-state index in [1.165, 1.54) is 6.92 Å². The molecule has 3 rings (SSSR count). The van der Waals surface area contributed by atoms with Crippen LogP contribution in [0, 0.1) is 0 Å². The summed E-state index contributed by atoms with van der Waals surface area (Å²) in [5, 5.41) is 14.8. The van der Waals surface area contributed by atoms with Gasteiger partial charge in [-0.3, -0.25) is 9.59 Å². The number of amides is 2. The van der Waals surface area contributed by atoms with Gasteiger partial charge in [0.05, 0.1) is 11.7 Å². The molecule has 1 fully saturated rings. The molecule has 1 N–H and O–H groups in total. The van der Waals surface area contributed by atoms with Gasteiger partial charge in [-0.15, -0.1) is 0 Å². The summed E-state index contributed by atoms with van der Waals surface area (Å²) in [5.41, 5.74) is 1.48. The lowest BCUT2D eigenvalue weighted by molar-refractivity contribution is -0.130. The number of rotatable bonds is 3. The zero-order valence-electron chi connectivity index (χ0n) is 14.6. The minimum absolute atomic E-state index is 0.00791. The third kappa shape index (κ3) is 3.59. The highest BCUT2D eigenvalue weighted by Crippen LogP contribution is 2.32. The molecule has 1 aliphatic heterocycles. The van der Waals surface area contributed by atoms with Crippen molar-refractivity contribution in [2.45, 2.75) is 20.0 Å². The van der Waals surface area contributed by atoms with Gasteiger partial charge in [-0.2, -0.15) is 0 Å². The molecule has 1 aromatic carbocycles. The Bertz CT molecular complexity index is 808. The molecule has 0 bridgehead atoms. The molecule has 1 atom stereocenters. The van der Waals surface area contributed by atoms with Crippen molar-refractivity contribution in [2.75, 3.05) is 26.2 Å². The second-order valence-electron chi connectivity index (χ2n) is 6.26. The summed E-state index contributed by atoms with van der Waals surface area (Å²) in [7, 11) is 0. The molecule has 7 nitrogen and oxygen atoms in total. The highest BCUT2D eigenvalue weighted by Gasteiger charge is 2.31. The number of carbonyl (C=O) groups is 2. The van der Waals surface area contributed by atoms with Crippen LogP contribution in [0.25, 0.3) is 11.3 Å². The maximum atomic E-state index is 12.9. The van der Waals surface area contributed by atoms with Gasteiger partial charge in [0.15, 0.2) is 0 Å². The number of aliphatic hydroxyl groups excluding tert-OH is 1. The van der Waals surface area contributed by atoms with Crippen molar-refractivity contribution in [3.8, 4) is 11.3 Å². The lowest BCUT2D eigenvalue weighted by Gasteiger charge is -2.33. The molecule has 2 amide bonds. The van der Waals surface area contributed by atoms with Gasteiger partial charge in [-0.05, 0) is 19.1 Å². The molecule has 2 heterocycles. The Balaban J connectivity index is 1.87. The predicted molar refractivity (Wildman–Crippen MR) is 95.7 cm³/mol. The van der Waals surface area contributed by atoms with Gasteiger partial charge in [0.1, 0.15) is 5.69 Å². The number of carbonyl (C=O) groups excluding carboxylic acids is 2. The molecule has 1 aromatic heterocycles. The van der Waals surface area contributed by atoms with Gasteiger partial charge in [-0.25, -0.2) is 0 Å². The molecule has 8 heteroatoms. The van der Waals surface area contributed by atoms with Crippen LogP contribution < -0.4 is 0 Å². The first-order valence-electron chi connectivity index (χ1n) is 8.37. The number of piperazine rings is 1. The first-order valence-corrected chi connectivity index (χ1v) is 8.74. The first-order chi connectivity index (χ1) is 12.4. The van der Waals surface area contributed by atoms with Gasteiger partial charge in [0.25, 0.3) is 5.91 Å². The summed E-state index contributed by atoms with van der Waals surface area (Å²) in [6, 6.07) is 6.93. The fourth-order valence-electron chi connectivity index (χ4n) is 3.02. The van der Waals surface area contributed by atoms with Gasteiger partial charge < -0.3 is 19.4 Å². The van der Waals surface area contributed by atoms with Crippen molar-refractivity contribution in [3.63, 3.8) is 0 Å². The Morgan fingerprint density at radius 2 is 1.73 bits per heavy atom. The fraction of sp³-hybridized carbons (Fsp3) is 0.389. The van der Waals surface area contributed by atoms with E-state index in [9.17, 15) is 14.7 Å². The first kappa shape index (κ1) is 18.4. The lowest BCUT2D eigenvalue weighted by atomic mass is 10.0. The van der Waals surface area contributed by atoms with Crippen LogP contribution in [0.1, 0.15) is 36.1 Å². The highest BCUT2D eigenvalue weighted by molar-refractivity contribution is 6.30. The average molecular weight is 378 g/mol. The van der Waals surface area contributed by atoms with E-state index in [4.69, 9.17) is 16.1 Å². The molecule has 0 aliphatic carbocycles. The Labute approximate surface area is 156 Å². The smallest absolute Gasteiger partial charge is 0.293 e. The molecular weight excluding hydrogens is 358 g/mol. The summed E-state index contributed by atoms with van der Waals surface area (Å²) < 4.78 is 5.32. The molecule has 26 heavy (non-hydrogen) atoms. The summed E-state index contributed by atoms with van der Waals surface area (Å²) >= 11 is 5.91. The topological polar surface area (TPSA) is 86.9 Å². The SMILES string of the molecule is CC(=O)N1CCN(C(=O)c2onc(-c3ccc(Cl)cc3)c2C(C)O)CC1. The quantitative estimate of drug-likeness (QED) is 0.887. The Kier molecular flexibility index (Phi) is 5.29. The average Bonchev–Trinajstić information content (AvgIpc) is 3.07. The molecule has 1 saturated heterocycles. The number of halogens is 1. The van der Waals surface area contributed by atoms with Gasteiger partial charge in [0, 0.05) is 43.7 Å². The monoisotopic (exact) mass is 377 g/mol. The van der Waals surface area contributed by atoms with Gasteiger partial charge >= 0.3 is 0 Å². The van der Waals surface area contributed by atoms with Crippen molar-refractivity contribution in [2.24, 2.45) is 0 Å². The van der Waals surface area contributed by atoms with Gasteiger partial charge in [0.2, 0.25) is 11.7 Å². The Morgan fingerprint density at radius 3 is 2.27 bits per heavy atom. The van der Waals surface area contributed by atoms with Crippen LogP contribution in [0.2, 0.25) is 5.02 Å². The van der Waals surface area contributed by atoms with Crippen LogP contribution in [-0.4, -0.2) is 58.1 Å². The van der Waals surface area contributed by atoms with E-state index in [0.717, 1.165) is 0 Å². The number of aliphatic hydroxyl groups is 1. The van der Waals surface area contributed by atoms with Crippen molar-refractivity contribution < 1.29 is 19.2 Å². The number of aromatic nitrogens is 1. The second-order valence-corrected chi connectivity index (χ2v) is 6.69. The maximum absolute atomic E-state index is 12.9. The largest absolute Gasteiger partial charge is 0.388 e. The second kappa shape index (κ2) is 7.47. The molecule has 2 aromatic rings. The van der Waals surface area contributed by atoms with Gasteiger partial charge in [-0.1, -0.05) is 28.9 Å². The molecule has 1 unspecified atom stereocenters. The lowest BCUT2D eigenvalue weighted by Crippen LogP contribution is -2.50. The molecular formula is C18H20ClN3O4. The standard InChI is InChI=1S/C18H20ClN3O4/c1-11(23)15-16(13-3-5-14(19)6-4-13)20-26-17(15)18(25)22-9-7-21(8-10-22)12(2)24/h3-6,11,23H,7-10H2,1-2H3. The van der Waals surface area contributed by atoms with Crippen LogP contribution in [0.3, 0.4) is 0 Å². The van der Waals surface area contributed by atoms with E-state index in [-0.39, 0.29) is 17.6 Å². The number of benzene rings is 1. The van der Waals surface area contributed by atoms with Crippen LogP contribution in [0.15, 0.2) is 28.8 Å². The zero-order valence-corrected chi connectivity index (χ0v) is 15.4. The van der Waals surface area contributed by atoms with E-state index in [1.54, 1.807) is 41.0 Å². The van der Waals surface area contributed by atoms with Crippen molar-refractivity contribution >= 4 is 23.4 Å². The fourth-order valence-corrected chi connectivity index (χ4v) is 3.15. The van der Waals surface area contributed by atoms with E-state index in [1.807, 2.05) is 0 Å². The molecule has 0 radical (unpaired) electrons. The summed E-state index contributed by atoms with van der Waals surface area (Å²) in [6.07, 6.45) is -0.926. The van der Waals surface area contributed by atoms with Crippen molar-refractivity contribution in [1.82, 2.24) is 15.0 Å². The minimum Gasteiger partial charge on any atom is -0.388 e. The minimum atomic E-state index is -0.926. The van der Waals surface area contributed by atoms with E-state index < -0.39 is 6.10 Å². The third-order valence-electron chi connectivity index (χ3n) is 4.47. The highest BCUT2D eigenvalue weighted by atomic mass is 35.5. The number of hydrogen-bond acceptors (Lipinski definition) is 5.